The molecule has 4 rings (SSSR count). The molecule has 0 N–H and O–H groups in total. The molecule has 2 heterocycles. The average molecular weight is 705 g/mol. The first-order valence-electron chi connectivity index (χ1n) is 21.0. The Kier molecular flexibility index (Phi) is 14.6. The van der Waals surface area contributed by atoms with Gasteiger partial charge < -0.3 is 9.47 Å². The molecule has 2 heteroatoms. The van der Waals surface area contributed by atoms with Gasteiger partial charge in [0.1, 0.15) is 0 Å². The molecule has 2 saturated heterocycles. The summed E-state index contributed by atoms with van der Waals surface area (Å²) in [6, 6.07) is 0. The third-order valence-corrected chi connectivity index (χ3v) is 15.9. The summed E-state index contributed by atoms with van der Waals surface area (Å²) in [5.41, 5.74) is 5.13. The summed E-state index contributed by atoms with van der Waals surface area (Å²) in [6.45, 7) is 60.6. The summed E-state index contributed by atoms with van der Waals surface area (Å²) in [6.07, 6.45) is 11.2. The summed E-state index contributed by atoms with van der Waals surface area (Å²) in [5, 5.41) is 0. The lowest BCUT2D eigenvalue weighted by molar-refractivity contribution is -0.224. The van der Waals surface area contributed by atoms with Crippen LogP contribution in [0, 0.1) is 65.0 Å². The van der Waals surface area contributed by atoms with Gasteiger partial charge in [0, 0.05) is 17.4 Å². The van der Waals surface area contributed by atoms with Crippen LogP contribution >= 0.6 is 0 Å². The standard InChI is InChI=1S/C13H26.C12H24O.C12H24.C11H22O/c1-11(2,3)13(12(4,5)6)9-7-8-10-13;1-10(2,3)12(11(4,5)6)7-8-13-9-12;1-10(2,3)12(8-7-9-12)11(4,5)6;1-9(2,3)11(7-12-8-11)10(4,5)6/h7-10H2,1-6H3;7-9H2,1-6H3;7-9H2,1-6H3;7-8H2,1-6H3. The van der Waals surface area contributed by atoms with Crippen LogP contribution in [0.2, 0.25) is 0 Å². The van der Waals surface area contributed by atoms with Crippen molar-refractivity contribution in [2.24, 2.45) is 65.0 Å². The van der Waals surface area contributed by atoms with E-state index in [4.69, 9.17) is 9.47 Å². The van der Waals surface area contributed by atoms with Gasteiger partial charge in [-0.3, -0.25) is 0 Å². The van der Waals surface area contributed by atoms with E-state index in [1.54, 1.807) is 0 Å². The minimum atomic E-state index is 0.335. The zero-order valence-corrected chi connectivity index (χ0v) is 39.3. The van der Waals surface area contributed by atoms with Crippen molar-refractivity contribution in [3.05, 3.63) is 0 Å². The van der Waals surface area contributed by atoms with Crippen LogP contribution in [0.25, 0.3) is 0 Å². The monoisotopic (exact) mass is 705 g/mol. The summed E-state index contributed by atoms with van der Waals surface area (Å²) < 4.78 is 11.0. The van der Waals surface area contributed by atoms with Gasteiger partial charge in [0.25, 0.3) is 0 Å². The molecule has 2 saturated carbocycles. The van der Waals surface area contributed by atoms with Crippen LogP contribution in [0.4, 0.5) is 0 Å². The highest BCUT2D eigenvalue weighted by Crippen LogP contribution is 2.63. The van der Waals surface area contributed by atoms with Crippen LogP contribution in [0.3, 0.4) is 0 Å². The summed E-state index contributed by atoms with van der Waals surface area (Å²) in [4.78, 5) is 0. The predicted molar refractivity (Wildman–Crippen MR) is 224 cm³/mol. The summed E-state index contributed by atoms with van der Waals surface area (Å²) in [7, 11) is 0. The topological polar surface area (TPSA) is 18.5 Å². The van der Waals surface area contributed by atoms with Crippen molar-refractivity contribution in [1.29, 1.82) is 0 Å². The third-order valence-electron chi connectivity index (χ3n) is 15.9. The number of rotatable bonds is 0. The predicted octanol–water partition coefficient (Wildman–Crippen LogP) is 15.5. The van der Waals surface area contributed by atoms with Crippen LogP contribution in [0.5, 0.6) is 0 Å². The largest absolute Gasteiger partial charge is 0.381 e. The maximum Gasteiger partial charge on any atom is 0.0554 e. The van der Waals surface area contributed by atoms with Crippen molar-refractivity contribution < 1.29 is 9.47 Å². The molecule has 0 spiro atoms. The van der Waals surface area contributed by atoms with Crippen LogP contribution in [-0.4, -0.2) is 26.4 Å². The Morgan fingerprint density at radius 1 is 0.260 bits per heavy atom. The molecule has 0 aromatic heterocycles. The molecule has 50 heavy (non-hydrogen) atoms. The van der Waals surface area contributed by atoms with Gasteiger partial charge in [0.15, 0.2) is 0 Å². The van der Waals surface area contributed by atoms with E-state index in [0.29, 0.717) is 65.0 Å². The van der Waals surface area contributed by atoms with E-state index in [1.807, 2.05) is 0 Å². The van der Waals surface area contributed by atoms with Crippen LogP contribution < -0.4 is 0 Å². The van der Waals surface area contributed by atoms with Crippen LogP contribution in [-0.2, 0) is 9.47 Å². The van der Waals surface area contributed by atoms with E-state index in [2.05, 4.69) is 166 Å². The fourth-order valence-electron chi connectivity index (χ4n) is 11.9. The normalized spacial score (nSPS) is 23.5. The van der Waals surface area contributed by atoms with Crippen molar-refractivity contribution in [1.82, 2.24) is 0 Å². The lowest BCUT2D eigenvalue weighted by Gasteiger charge is -2.60. The van der Waals surface area contributed by atoms with Crippen molar-refractivity contribution in [2.45, 2.75) is 218 Å². The molecule has 0 bridgehead atoms. The molecule has 0 aromatic rings. The highest BCUT2D eigenvalue weighted by molar-refractivity contribution is 5.05. The van der Waals surface area contributed by atoms with Gasteiger partial charge in [-0.1, -0.05) is 185 Å². The minimum absolute atomic E-state index is 0.335. The van der Waals surface area contributed by atoms with Gasteiger partial charge in [0.2, 0.25) is 0 Å². The molecule has 0 radical (unpaired) electrons. The highest BCUT2D eigenvalue weighted by Gasteiger charge is 2.56. The quantitative estimate of drug-likeness (QED) is 0.250. The molecule has 2 nitrogen and oxygen atoms in total. The smallest absolute Gasteiger partial charge is 0.0554 e. The molecule has 0 atom stereocenters. The number of hydrogen-bond acceptors (Lipinski definition) is 2. The molecule has 300 valence electrons. The summed E-state index contributed by atoms with van der Waals surface area (Å²) >= 11 is 0. The zero-order chi connectivity index (χ0) is 39.9. The second kappa shape index (κ2) is 15.2. The minimum Gasteiger partial charge on any atom is -0.381 e. The zero-order valence-electron chi connectivity index (χ0n) is 39.3. The Balaban J connectivity index is 0.000000334. The first kappa shape index (κ1) is 47.9. The van der Waals surface area contributed by atoms with Gasteiger partial charge in [0.05, 0.1) is 19.8 Å². The Hall–Kier alpha value is -0.0800. The first-order chi connectivity index (χ1) is 21.8. The molecule has 0 amide bonds. The molecule has 4 aliphatic rings. The maximum absolute atomic E-state index is 5.61. The van der Waals surface area contributed by atoms with E-state index >= 15 is 0 Å². The fraction of sp³-hybridized carbons (Fsp3) is 1.00. The van der Waals surface area contributed by atoms with Gasteiger partial charge in [-0.25, -0.2) is 0 Å². The second-order valence-corrected chi connectivity index (χ2v) is 25.7. The third kappa shape index (κ3) is 9.40. The first-order valence-corrected chi connectivity index (χ1v) is 21.0. The second-order valence-electron chi connectivity index (χ2n) is 25.7. The van der Waals surface area contributed by atoms with Crippen LogP contribution in [0.15, 0.2) is 0 Å². The maximum atomic E-state index is 5.61. The van der Waals surface area contributed by atoms with E-state index in [9.17, 15) is 0 Å². The molecule has 0 aromatic carbocycles. The van der Waals surface area contributed by atoms with E-state index < -0.39 is 0 Å². The van der Waals surface area contributed by atoms with Crippen molar-refractivity contribution in [2.75, 3.05) is 26.4 Å². The molecule has 4 fully saturated rings. The molecular weight excluding hydrogens is 609 g/mol. The SMILES string of the molecule is CC(C)(C)C1(C(C)(C)C)CCC1.CC(C)(C)C1(C(C)(C)C)CCCC1.CC(C)(C)C1(C(C)(C)C)CCOC1.CC(C)(C)C1(C(C)(C)C)COC1. The Labute approximate surface area is 317 Å². The van der Waals surface area contributed by atoms with E-state index in [0.717, 1.165) is 26.4 Å². The van der Waals surface area contributed by atoms with E-state index in [1.165, 1.54) is 51.4 Å². The van der Waals surface area contributed by atoms with Gasteiger partial charge in [-0.15, -0.1) is 0 Å². The molecular formula is C48H96O2. The average Bonchev–Trinajstić information content (AvgIpc) is 3.45. The number of hydrogen-bond donors (Lipinski definition) is 0. The van der Waals surface area contributed by atoms with Crippen molar-refractivity contribution >= 4 is 0 Å². The highest BCUT2D eigenvalue weighted by atomic mass is 16.5. The Morgan fingerprint density at radius 3 is 0.580 bits per heavy atom. The summed E-state index contributed by atoms with van der Waals surface area (Å²) in [5.74, 6) is 0. The molecule has 0 unspecified atom stereocenters. The Bertz CT molecular complexity index is 863. The molecule has 2 aliphatic heterocycles. The lowest BCUT2D eigenvalue weighted by atomic mass is 9.45. The number of ether oxygens (including phenoxy) is 2. The lowest BCUT2D eigenvalue weighted by Crippen LogP contribution is -2.59. The van der Waals surface area contributed by atoms with Crippen LogP contribution in [0.1, 0.15) is 218 Å². The van der Waals surface area contributed by atoms with Gasteiger partial charge in [-0.05, 0) is 86.3 Å². The Morgan fingerprint density at radius 2 is 0.500 bits per heavy atom. The van der Waals surface area contributed by atoms with Crippen molar-refractivity contribution in [3.8, 4) is 0 Å². The van der Waals surface area contributed by atoms with Gasteiger partial charge in [-0.2, -0.15) is 0 Å². The van der Waals surface area contributed by atoms with Gasteiger partial charge >= 0.3 is 0 Å². The van der Waals surface area contributed by atoms with Crippen molar-refractivity contribution in [3.63, 3.8) is 0 Å². The molecule has 2 aliphatic carbocycles. The fourth-order valence-corrected chi connectivity index (χ4v) is 11.9. The van der Waals surface area contributed by atoms with E-state index in [-0.39, 0.29) is 0 Å².